The van der Waals surface area contributed by atoms with Gasteiger partial charge in [-0.3, -0.25) is 4.90 Å². The van der Waals surface area contributed by atoms with Gasteiger partial charge in [0.25, 0.3) is 0 Å². The smallest absolute Gasteiger partial charge is 0.123 e. The predicted octanol–water partition coefficient (Wildman–Crippen LogP) is 3.15. The van der Waals surface area contributed by atoms with Crippen LogP contribution in [0, 0.1) is 0 Å². The lowest BCUT2D eigenvalue weighted by molar-refractivity contribution is 0.296. The summed E-state index contributed by atoms with van der Waals surface area (Å²) in [7, 11) is 0. The summed E-state index contributed by atoms with van der Waals surface area (Å²) in [6, 6.07) is 8.70. The minimum absolute atomic E-state index is 0.658. The Bertz CT molecular complexity index is 532. The molecule has 3 nitrogen and oxygen atoms in total. The monoisotopic (exact) mass is 289 g/mol. The van der Waals surface area contributed by atoms with E-state index in [1.807, 2.05) is 0 Å². The van der Waals surface area contributed by atoms with E-state index in [4.69, 9.17) is 5.73 Å². The number of nitrogens with zero attached hydrogens (tertiary/aromatic N) is 2. The van der Waals surface area contributed by atoms with Crippen LogP contribution in [0.2, 0.25) is 0 Å². The maximum atomic E-state index is 5.58. The Morgan fingerprint density at radius 1 is 1.25 bits per heavy atom. The first kappa shape index (κ1) is 15.2. The van der Waals surface area contributed by atoms with Crippen LogP contribution in [0.3, 0.4) is 0 Å². The van der Waals surface area contributed by atoms with Crippen LogP contribution < -0.4 is 5.73 Å². The molecule has 0 fully saturated rings. The lowest BCUT2D eigenvalue weighted by atomic mass is 10.1. The molecule has 0 aliphatic carbocycles. The molecule has 0 unspecified atom stereocenters. The highest BCUT2D eigenvalue weighted by Gasteiger charge is 2.06. The molecule has 0 aliphatic rings. The zero-order valence-electron chi connectivity index (χ0n) is 12.3. The van der Waals surface area contributed by atoms with Crippen LogP contribution >= 0.6 is 11.3 Å². The van der Waals surface area contributed by atoms with Crippen molar-refractivity contribution < 1.29 is 0 Å². The first-order chi connectivity index (χ1) is 9.76. The molecule has 20 heavy (non-hydrogen) atoms. The van der Waals surface area contributed by atoms with Gasteiger partial charge in [0.05, 0.1) is 5.69 Å². The van der Waals surface area contributed by atoms with Crippen LogP contribution in [0.5, 0.6) is 0 Å². The molecule has 108 valence electrons. The summed E-state index contributed by atoms with van der Waals surface area (Å²) in [6.07, 6.45) is 0.857. The molecular formula is C16H23N3S. The van der Waals surface area contributed by atoms with Crippen LogP contribution in [0.1, 0.15) is 25.1 Å². The van der Waals surface area contributed by atoms with Gasteiger partial charge in [-0.2, -0.15) is 0 Å². The minimum atomic E-state index is 0.658. The molecule has 0 spiro atoms. The fraction of sp³-hybridized carbons (Fsp3) is 0.438. The summed E-state index contributed by atoms with van der Waals surface area (Å²) in [6.45, 7) is 8.23. The molecule has 2 rings (SSSR count). The van der Waals surface area contributed by atoms with E-state index < -0.39 is 0 Å². The standard InChI is InChI=1S/C16H23N3S/c1-3-19(4-2)11-13-6-5-7-14(10-13)16-18-15(8-9-17)12-20-16/h5-7,10,12H,3-4,8-9,11,17H2,1-2H3. The van der Waals surface area contributed by atoms with Crippen molar-refractivity contribution in [3.63, 3.8) is 0 Å². The number of benzene rings is 1. The van der Waals surface area contributed by atoms with E-state index in [0.717, 1.165) is 36.8 Å². The third kappa shape index (κ3) is 3.88. The summed E-state index contributed by atoms with van der Waals surface area (Å²) in [5.41, 5.74) is 9.24. The maximum absolute atomic E-state index is 5.58. The molecule has 0 saturated carbocycles. The Labute approximate surface area is 125 Å². The van der Waals surface area contributed by atoms with Crippen molar-refractivity contribution in [2.45, 2.75) is 26.8 Å². The van der Waals surface area contributed by atoms with Crippen molar-refractivity contribution >= 4 is 11.3 Å². The largest absolute Gasteiger partial charge is 0.330 e. The Morgan fingerprint density at radius 3 is 2.75 bits per heavy atom. The zero-order chi connectivity index (χ0) is 14.4. The molecule has 1 aromatic carbocycles. The Balaban J connectivity index is 2.15. The van der Waals surface area contributed by atoms with Gasteiger partial charge < -0.3 is 5.73 Å². The van der Waals surface area contributed by atoms with Crippen molar-refractivity contribution in [3.05, 3.63) is 40.9 Å². The van der Waals surface area contributed by atoms with E-state index in [-0.39, 0.29) is 0 Å². The molecule has 4 heteroatoms. The number of hydrogen-bond acceptors (Lipinski definition) is 4. The second-order valence-corrected chi connectivity index (χ2v) is 5.70. The summed E-state index contributed by atoms with van der Waals surface area (Å²) < 4.78 is 0. The summed E-state index contributed by atoms with van der Waals surface area (Å²) >= 11 is 1.70. The van der Waals surface area contributed by atoms with Gasteiger partial charge in [0.2, 0.25) is 0 Å². The second kappa shape index (κ2) is 7.53. The fourth-order valence-corrected chi connectivity index (χ4v) is 3.06. The average molecular weight is 289 g/mol. The SMILES string of the molecule is CCN(CC)Cc1cccc(-c2nc(CCN)cs2)c1. The molecular weight excluding hydrogens is 266 g/mol. The molecule has 0 aliphatic heterocycles. The Hall–Kier alpha value is -1.23. The lowest BCUT2D eigenvalue weighted by Crippen LogP contribution is -2.22. The van der Waals surface area contributed by atoms with Gasteiger partial charge in [0.15, 0.2) is 0 Å². The van der Waals surface area contributed by atoms with E-state index in [1.54, 1.807) is 11.3 Å². The predicted molar refractivity (Wildman–Crippen MR) is 86.9 cm³/mol. The van der Waals surface area contributed by atoms with Gasteiger partial charge in [-0.05, 0) is 31.3 Å². The van der Waals surface area contributed by atoms with Crippen molar-refractivity contribution in [2.24, 2.45) is 5.73 Å². The van der Waals surface area contributed by atoms with Gasteiger partial charge in [-0.25, -0.2) is 4.98 Å². The van der Waals surface area contributed by atoms with Gasteiger partial charge >= 0.3 is 0 Å². The lowest BCUT2D eigenvalue weighted by Gasteiger charge is -2.18. The van der Waals surface area contributed by atoms with Crippen LogP contribution in [0.4, 0.5) is 0 Å². The van der Waals surface area contributed by atoms with Crippen molar-refractivity contribution in [1.29, 1.82) is 0 Å². The van der Waals surface area contributed by atoms with Crippen LogP contribution in [0.25, 0.3) is 10.6 Å². The highest BCUT2D eigenvalue weighted by Crippen LogP contribution is 2.25. The highest BCUT2D eigenvalue weighted by atomic mass is 32.1. The van der Waals surface area contributed by atoms with Gasteiger partial charge in [0.1, 0.15) is 5.01 Å². The molecule has 0 atom stereocenters. The maximum Gasteiger partial charge on any atom is 0.123 e. The zero-order valence-corrected chi connectivity index (χ0v) is 13.1. The third-order valence-electron chi connectivity index (χ3n) is 3.43. The van der Waals surface area contributed by atoms with Crippen molar-refractivity contribution in [3.8, 4) is 10.6 Å². The van der Waals surface area contributed by atoms with E-state index in [9.17, 15) is 0 Å². The average Bonchev–Trinajstić information content (AvgIpc) is 2.94. The number of thiazole rings is 1. The molecule has 2 N–H and O–H groups in total. The van der Waals surface area contributed by atoms with Crippen molar-refractivity contribution in [1.82, 2.24) is 9.88 Å². The quantitative estimate of drug-likeness (QED) is 0.851. The molecule has 0 bridgehead atoms. The molecule has 0 radical (unpaired) electrons. The van der Waals surface area contributed by atoms with Crippen LogP contribution in [-0.4, -0.2) is 29.5 Å². The van der Waals surface area contributed by atoms with Gasteiger partial charge in [-0.15, -0.1) is 11.3 Å². The number of aromatic nitrogens is 1. The summed E-state index contributed by atoms with van der Waals surface area (Å²) in [5, 5.41) is 3.20. The summed E-state index contributed by atoms with van der Waals surface area (Å²) in [5.74, 6) is 0. The van der Waals surface area contributed by atoms with E-state index in [2.05, 4.69) is 53.4 Å². The molecule has 0 saturated heterocycles. The van der Waals surface area contributed by atoms with E-state index in [1.165, 1.54) is 11.1 Å². The second-order valence-electron chi connectivity index (χ2n) is 4.84. The number of rotatable bonds is 7. The first-order valence-corrected chi connectivity index (χ1v) is 8.10. The minimum Gasteiger partial charge on any atom is -0.330 e. The van der Waals surface area contributed by atoms with E-state index >= 15 is 0 Å². The molecule has 2 aromatic rings. The van der Waals surface area contributed by atoms with E-state index in [0.29, 0.717) is 6.54 Å². The van der Waals surface area contributed by atoms with Crippen LogP contribution in [0.15, 0.2) is 29.6 Å². The van der Waals surface area contributed by atoms with Gasteiger partial charge in [0, 0.05) is 23.9 Å². The topological polar surface area (TPSA) is 42.2 Å². The first-order valence-electron chi connectivity index (χ1n) is 7.23. The van der Waals surface area contributed by atoms with Gasteiger partial charge in [-0.1, -0.05) is 32.0 Å². The van der Waals surface area contributed by atoms with Crippen LogP contribution in [-0.2, 0) is 13.0 Å². The Morgan fingerprint density at radius 2 is 2.05 bits per heavy atom. The number of hydrogen-bond donors (Lipinski definition) is 1. The Kier molecular flexibility index (Phi) is 5.71. The fourth-order valence-electron chi connectivity index (χ4n) is 2.21. The van der Waals surface area contributed by atoms with Crippen molar-refractivity contribution in [2.75, 3.05) is 19.6 Å². The third-order valence-corrected chi connectivity index (χ3v) is 4.37. The normalized spacial score (nSPS) is 11.2. The molecule has 1 aromatic heterocycles. The number of nitrogens with two attached hydrogens (primary N) is 1. The molecule has 1 heterocycles. The highest BCUT2D eigenvalue weighted by molar-refractivity contribution is 7.13. The summed E-state index contributed by atoms with van der Waals surface area (Å²) in [4.78, 5) is 7.07. The molecule has 0 amide bonds.